The highest BCUT2D eigenvalue weighted by molar-refractivity contribution is 8.00. The van der Waals surface area contributed by atoms with Crippen LogP contribution >= 0.6 is 11.8 Å². The molecule has 1 aliphatic heterocycles. The molecule has 0 aromatic heterocycles. The van der Waals surface area contributed by atoms with Gasteiger partial charge in [-0.05, 0) is 38.0 Å². The molecule has 0 bridgehead atoms. The maximum absolute atomic E-state index is 5.82. The second kappa shape index (κ2) is 5.21. The zero-order valence-electron chi connectivity index (χ0n) is 9.85. The number of benzene rings is 1. The van der Waals surface area contributed by atoms with Crippen LogP contribution in [0.3, 0.4) is 0 Å². The largest absolute Gasteiger partial charge is 0.377 e. The third-order valence-corrected chi connectivity index (χ3v) is 4.47. The zero-order valence-corrected chi connectivity index (χ0v) is 10.7. The van der Waals surface area contributed by atoms with E-state index >= 15 is 0 Å². The molecule has 88 valence electrons. The van der Waals surface area contributed by atoms with E-state index in [1.54, 1.807) is 0 Å². The first-order valence-electron chi connectivity index (χ1n) is 5.80. The van der Waals surface area contributed by atoms with E-state index in [9.17, 15) is 0 Å². The van der Waals surface area contributed by atoms with Crippen LogP contribution in [0.5, 0.6) is 0 Å². The first kappa shape index (κ1) is 12.0. The summed E-state index contributed by atoms with van der Waals surface area (Å²) in [5.74, 6) is 0. The predicted molar refractivity (Wildman–Crippen MR) is 68.7 cm³/mol. The fraction of sp³-hybridized carbons (Fsp3) is 0.538. The average molecular weight is 237 g/mol. The van der Waals surface area contributed by atoms with Crippen molar-refractivity contribution < 1.29 is 4.74 Å². The van der Waals surface area contributed by atoms with Gasteiger partial charge in [0.15, 0.2) is 0 Å². The highest BCUT2D eigenvalue weighted by atomic mass is 32.2. The van der Waals surface area contributed by atoms with Crippen molar-refractivity contribution in [3.8, 4) is 0 Å². The average Bonchev–Trinajstić information content (AvgIpc) is 2.65. The van der Waals surface area contributed by atoms with Gasteiger partial charge in [-0.15, -0.1) is 11.8 Å². The molecule has 0 spiro atoms. The Balaban J connectivity index is 1.99. The fourth-order valence-corrected chi connectivity index (χ4v) is 3.02. The summed E-state index contributed by atoms with van der Waals surface area (Å²) < 4.78 is 5.56. The minimum Gasteiger partial charge on any atom is -0.377 e. The first-order chi connectivity index (χ1) is 7.66. The molecule has 1 fully saturated rings. The summed E-state index contributed by atoms with van der Waals surface area (Å²) in [6, 6.07) is 8.68. The van der Waals surface area contributed by atoms with Gasteiger partial charge in [0.1, 0.15) is 0 Å². The van der Waals surface area contributed by atoms with Crippen LogP contribution in [-0.4, -0.2) is 18.0 Å². The van der Waals surface area contributed by atoms with Gasteiger partial charge in [-0.3, -0.25) is 0 Å². The lowest BCUT2D eigenvalue weighted by atomic mass is 10.1. The second-order valence-electron chi connectivity index (χ2n) is 4.38. The molecule has 2 rings (SSSR count). The number of nitrogens with two attached hydrogens (primary N) is 1. The maximum Gasteiger partial charge on any atom is 0.0669 e. The molecule has 0 amide bonds. The quantitative estimate of drug-likeness (QED) is 0.877. The van der Waals surface area contributed by atoms with E-state index in [2.05, 4.69) is 31.2 Å². The Morgan fingerprint density at radius 3 is 2.56 bits per heavy atom. The molecule has 2 N–H and O–H groups in total. The van der Waals surface area contributed by atoms with E-state index in [4.69, 9.17) is 10.5 Å². The van der Waals surface area contributed by atoms with Gasteiger partial charge in [0.25, 0.3) is 0 Å². The molecule has 0 aliphatic carbocycles. The fourth-order valence-electron chi connectivity index (χ4n) is 1.89. The number of ether oxygens (including phenoxy) is 1. The van der Waals surface area contributed by atoms with Gasteiger partial charge >= 0.3 is 0 Å². The van der Waals surface area contributed by atoms with Crippen molar-refractivity contribution in [2.45, 2.75) is 42.6 Å². The normalized spacial score (nSPS) is 26.9. The Morgan fingerprint density at radius 2 is 2.06 bits per heavy atom. The van der Waals surface area contributed by atoms with E-state index in [0.717, 1.165) is 13.0 Å². The number of hydrogen-bond donors (Lipinski definition) is 1. The molecular formula is C13H19NOS. The van der Waals surface area contributed by atoms with E-state index in [1.165, 1.54) is 10.5 Å². The summed E-state index contributed by atoms with van der Waals surface area (Å²) >= 11 is 1.91. The highest BCUT2D eigenvalue weighted by Crippen LogP contribution is 2.32. The molecule has 3 heteroatoms. The SMILES string of the molecule is CC1OCCC1Sc1ccc([C@H](C)N)cc1. The van der Waals surface area contributed by atoms with Gasteiger partial charge < -0.3 is 10.5 Å². The van der Waals surface area contributed by atoms with Crippen LogP contribution in [0.25, 0.3) is 0 Å². The summed E-state index contributed by atoms with van der Waals surface area (Å²) in [5, 5.41) is 0.598. The highest BCUT2D eigenvalue weighted by Gasteiger charge is 2.24. The van der Waals surface area contributed by atoms with E-state index in [-0.39, 0.29) is 6.04 Å². The minimum atomic E-state index is 0.118. The van der Waals surface area contributed by atoms with E-state index < -0.39 is 0 Å². The van der Waals surface area contributed by atoms with Crippen LogP contribution in [0, 0.1) is 0 Å². The van der Waals surface area contributed by atoms with Crippen molar-refractivity contribution in [1.29, 1.82) is 0 Å². The minimum absolute atomic E-state index is 0.118. The van der Waals surface area contributed by atoms with Gasteiger partial charge in [-0.2, -0.15) is 0 Å². The van der Waals surface area contributed by atoms with Crippen molar-refractivity contribution in [2.24, 2.45) is 5.73 Å². The standard InChI is InChI=1S/C13H19NOS/c1-9(14)11-3-5-12(6-4-11)16-13-7-8-15-10(13)2/h3-6,9-10,13H,7-8,14H2,1-2H3/t9-,10?,13?/m0/s1. The molecule has 1 aromatic rings. The zero-order chi connectivity index (χ0) is 11.5. The smallest absolute Gasteiger partial charge is 0.0669 e. The van der Waals surface area contributed by atoms with E-state index in [1.807, 2.05) is 18.7 Å². The van der Waals surface area contributed by atoms with Gasteiger partial charge in [0, 0.05) is 22.8 Å². The van der Waals surface area contributed by atoms with Crippen LogP contribution in [0.4, 0.5) is 0 Å². The summed E-state index contributed by atoms with van der Waals surface area (Å²) in [6.45, 7) is 5.06. The Morgan fingerprint density at radius 1 is 1.38 bits per heavy atom. The van der Waals surface area contributed by atoms with Crippen LogP contribution in [0.15, 0.2) is 29.2 Å². The second-order valence-corrected chi connectivity index (χ2v) is 5.69. The topological polar surface area (TPSA) is 35.2 Å². The van der Waals surface area contributed by atoms with Crippen molar-refractivity contribution in [1.82, 2.24) is 0 Å². The molecule has 2 unspecified atom stereocenters. The molecule has 0 saturated carbocycles. The third kappa shape index (κ3) is 2.78. The predicted octanol–water partition coefficient (Wildman–Crippen LogP) is 2.98. The summed E-state index contributed by atoms with van der Waals surface area (Å²) in [4.78, 5) is 1.31. The molecule has 1 aliphatic rings. The number of rotatable bonds is 3. The lowest BCUT2D eigenvalue weighted by molar-refractivity contribution is 0.127. The summed E-state index contributed by atoms with van der Waals surface area (Å²) in [7, 11) is 0. The molecule has 3 atom stereocenters. The molecule has 2 nitrogen and oxygen atoms in total. The van der Waals surface area contributed by atoms with Crippen molar-refractivity contribution >= 4 is 11.8 Å². The van der Waals surface area contributed by atoms with Crippen LogP contribution in [0.2, 0.25) is 0 Å². The van der Waals surface area contributed by atoms with Crippen LogP contribution in [-0.2, 0) is 4.74 Å². The molecule has 1 heterocycles. The lowest BCUT2D eigenvalue weighted by Crippen LogP contribution is -2.12. The van der Waals surface area contributed by atoms with Gasteiger partial charge in [0.05, 0.1) is 6.10 Å². The van der Waals surface area contributed by atoms with Crippen molar-refractivity contribution in [2.75, 3.05) is 6.61 Å². The molecule has 0 radical (unpaired) electrons. The monoisotopic (exact) mass is 237 g/mol. The van der Waals surface area contributed by atoms with Gasteiger partial charge in [-0.25, -0.2) is 0 Å². The Labute approximate surface area is 102 Å². The first-order valence-corrected chi connectivity index (χ1v) is 6.68. The number of thioether (sulfide) groups is 1. The maximum atomic E-state index is 5.82. The third-order valence-electron chi connectivity index (χ3n) is 3.00. The summed E-state index contributed by atoms with van der Waals surface area (Å²) in [5.41, 5.74) is 7.02. The lowest BCUT2D eigenvalue weighted by Gasteiger charge is -2.14. The van der Waals surface area contributed by atoms with Crippen molar-refractivity contribution in [3.63, 3.8) is 0 Å². The Hall–Kier alpha value is -0.510. The summed E-state index contributed by atoms with van der Waals surface area (Å²) in [6.07, 6.45) is 1.53. The Kier molecular flexibility index (Phi) is 3.90. The molecular weight excluding hydrogens is 218 g/mol. The Bertz CT molecular complexity index is 336. The number of hydrogen-bond acceptors (Lipinski definition) is 3. The van der Waals surface area contributed by atoms with Crippen LogP contribution < -0.4 is 5.73 Å². The molecule has 1 aromatic carbocycles. The van der Waals surface area contributed by atoms with Gasteiger partial charge in [0.2, 0.25) is 0 Å². The molecule has 16 heavy (non-hydrogen) atoms. The van der Waals surface area contributed by atoms with Gasteiger partial charge in [-0.1, -0.05) is 12.1 Å². The van der Waals surface area contributed by atoms with Crippen molar-refractivity contribution in [3.05, 3.63) is 29.8 Å². The van der Waals surface area contributed by atoms with E-state index in [0.29, 0.717) is 11.4 Å². The molecule has 1 saturated heterocycles. The van der Waals surface area contributed by atoms with Crippen LogP contribution in [0.1, 0.15) is 31.9 Å².